The van der Waals surface area contributed by atoms with Crippen molar-refractivity contribution in [3.63, 3.8) is 0 Å². The summed E-state index contributed by atoms with van der Waals surface area (Å²) in [5.41, 5.74) is 0.000571. The number of hydrogen-bond acceptors (Lipinski definition) is 3. The molecule has 0 atom stereocenters. The van der Waals surface area contributed by atoms with E-state index in [2.05, 4.69) is 0 Å². The Morgan fingerprint density at radius 1 is 1.38 bits per heavy atom. The zero-order valence-corrected chi connectivity index (χ0v) is 9.54. The summed E-state index contributed by atoms with van der Waals surface area (Å²) in [6.45, 7) is 0.213. The fraction of sp³-hybridized carbons (Fsp3) is 0.333. The van der Waals surface area contributed by atoms with Crippen LogP contribution in [0, 0.1) is 11.6 Å². The fourth-order valence-corrected chi connectivity index (χ4v) is 2.59. The van der Waals surface area contributed by atoms with E-state index in [-0.39, 0.29) is 23.5 Å². The summed E-state index contributed by atoms with van der Waals surface area (Å²) in [6, 6.07) is 0.658. The first-order chi connectivity index (χ1) is 7.38. The van der Waals surface area contributed by atoms with E-state index in [1.807, 2.05) is 0 Å². The summed E-state index contributed by atoms with van der Waals surface area (Å²) in [5, 5.41) is 0. The molecule has 3 nitrogen and oxygen atoms in total. The van der Waals surface area contributed by atoms with E-state index in [1.54, 1.807) is 0 Å². The molecule has 1 aromatic carbocycles. The molecule has 0 aliphatic carbocycles. The highest BCUT2D eigenvalue weighted by atomic mass is 35.7. The van der Waals surface area contributed by atoms with Gasteiger partial charge in [-0.2, -0.15) is 0 Å². The number of rotatable bonds is 2. The van der Waals surface area contributed by atoms with Crippen molar-refractivity contribution in [1.82, 2.24) is 0 Å². The predicted molar refractivity (Wildman–Crippen MR) is 54.0 cm³/mol. The maximum absolute atomic E-state index is 13.4. The van der Waals surface area contributed by atoms with Crippen LogP contribution in [0.1, 0.15) is 11.1 Å². The summed E-state index contributed by atoms with van der Waals surface area (Å²) in [6.07, 6.45) is 0.302. The molecule has 1 heterocycles. The van der Waals surface area contributed by atoms with Gasteiger partial charge in [0, 0.05) is 34.3 Å². The Morgan fingerprint density at radius 2 is 2.06 bits per heavy atom. The van der Waals surface area contributed by atoms with Crippen LogP contribution in [-0.2, 0) is 21.2 Å². The SMILES string of the molecule is O=S(=O)(Cl)Cc1c(F)cc(F)c2c1OCC2. The van der Waals surface area contributed by atoms with Crippen molar-refractivity contribution in [2.45, 2.75) is 12.2 Å². The quantitative estimate of drug-likeness (QED) is 0.770. The number of halogens is 3. The third-order valence-electron chi connectivity index (χ3n) is 2.29. The van der Waals surface area contributed by atoms with Gasteiger partial charge in [0.2, 0.25) is 9.05 Å². The van der Waals surface area contributed by atoms with E-state index in [4.69, 9.17) is 15.4 Å². The molecular formula is C9H7ClF2O3S. The number of ether oxygens (including phenoxy) is 1. The lowest BCUT2D eigenvalue weighted by Crippen LogP contribution is -2.02. The summed E-state index contributed by atoms with van der Waals surface area (Å²) >= 11 is 0. The molecule has 1 aromatic rings. The van der Waals surface area contributed by atoms with Crippen LogP contribution < -0.4 is 4.74 Å². The molecule has 0 saturated carbocycles. The predicted octanol–water partition coefficient (Wildman–Crippen LogP) is 1.97. The van der Waals surface area contributed by atoms with Crippen molar-refractivity contribution in [2.24, 2.45) is 0 Å². The van der Waals surface area contributed by atoms with Gasteiger partial charge in [-0.25, -0.2) is 17.2 Å². The lowest BCUT2D eigenvalue weighted by molar-refractivity contribution is 0.352. The standard InChI is InChI=1S/C9H7ClF2O3S/c10-16(13,14)4-6-8(12)3-7(11)5-1-2-15-9(5)6/h3H,1-2,4H2. The van der Waals surface area contributed by atoms with Crippen molar-refractivity contribution < 1.29 is 21.9 Å². The van der Waals surface area contributed by atoms with Crippen LogP contribution in [0.5, 0.6) is 5.75 Å². The van der Waals surface area contributed by atoms with Gasteiger partial charge in [-0.1, -0.05) is 0 Å². The van der Waals surface area contributed by atoms with E-state index < -0.39 is 26.4 Å². The molecule has 0 aromatic heterocycles. The largest absolute Gasteiger partial charge is 0.492 e. The molecule has 0 N–H and O–H groups in total. The molecular weight excluding hydrogens is 262 g/mol. The van der Waals surface area contributed by atoms with E-state index in [0.717, 1.165) is 0 Å². The average Bonchev–Trinajstić information content (AvgIpc) is 2.59. The van der Waals surface area contributed by atoms with Crippen molar-refractivity contribution in [1.29, 1.82) is 0 Å². The Morgan fingerprint density at radius 3 is 2.69 bits per heavy atom. The lowest BCUT2D eigenvalue weighted by atomic mass is 10.1. The Bertz CT molecular complexity index is 542. The van der Waals surface area contributed by atoms with Crippen LogP contribution in [0.25, 0.3) is 0 Å². The van der Waals surface area contributed by atoms with Crippen LogP contribution in [0.3, 0.4) is 0 Å². The molecule has 0 fully saturated rings. The van der Waals surface area contributed by atoms with E-state index in [1.165, 1.54) is 0 Å². The summed E-state index contributed by atoms with van der Waals surface area (Å²) in [5.74, 6) is -2.41. The first-order valence-corrected chi connectivity index (χ1v) is 6.91. The Labute approximate surface area is 95.4 Å². The Hall–Kier alpha value is -0.880. The smallest absolute Gasteiger partial charge is 0.237 e. The molecule has 1 aliphatic rings. The second-order valence-corrected chi connectivity index (χ2v) is 6.19. The third-order valence-corrected chi connectivity index (χ3v) is 3.25. The van der Waals surface area contributed by atoms with Crippen molar-refractivity contribution in [2.75, 3.05) is 6.61 Å². The van der Waals surface area contributed by atoms with Gasteiger partial charge >= 0.3 is 0 Å². The molecule has 0 spiro atoms. The summed E-state index contributed by atoms with van der Waals surface area (Å²) in [7, 11) is 1.13. The zero-order valence-electron chi connectivity index (χ0n) is 7.97. The van der Waals surface area contributed by atoms with Crippen LogP contribution in [-0.4, -0.2) is 15.0 Å². The van der Waals surface area contributed by atoms with Gasteiger partial charge in [-0.05, 0) is 0 Å². The molecule has 0 unspecified atom stereocenters. The minimum absolute atomic E-state index is 0.0262. The first-order valence-electron chi connectivity index (χ1n) is 4.43. The second kappa shape index (κ2) is 3.85. The van der Waals surface area contributed by atoms with Gasteiger partial charge in [0.1, 0.15) is 17.4 Å². The van der Waals surface area contributed by atoms with Crippen LogP contribution in [0.4, 0.5) is 8.78 Å². The lowest BCUT2D eigenvalue weighted by Gasteiger charge is -2.08. The molecule has 16 heavy (non-hydrogen) atoms. The van der Waals surface area contributed by atoms with E-state index >= 15 is 0 Å². The maximum Gasteiger partial charge on any atom is 0.237 e. The molecule has 0 radical (unpaired) electrons. The van der Waals surface area contributed by atoms with Gasteiger partial charge in [0.05, 0.1) is 12.4 Å². The number of fused-ring (bicyclic) bond motifs is 1. The first kappa shape index (κ1) is 11.6. The monoisotopic (exact) mass is 268 g/mol. The summed E-state index contributed by atoms with van der Waals surface area (Å²) < 4.78 is 53.5. The summed E-state index contributed by atoms with van der Waals surface area (Å²) in [4.78, 5) is 0. The molecule has 0 bridgehead atoms. The highest BCUT2D eigenvalue weighted by molar-refractivity contribution is 8.13. The van der Waals surface area contributed by atoms with Crippen molar-refractivity contribution >= 4 is 19.7 Å². The second-order valence-electron chi connectivity index (χ2n) is 3.41. The molecule has 7 heteroatoms. The molecule has 88 valence electrons. The minimum atomic E-state index is -3.90. The average molecular weight is 269 g/mol. The van der Waals surface area contributed by atoms with Crippen LogP contribution in [0.2, 0.25) is 0 Å². The zero-order chi connectivity index (χ0) is 11.9. The maximum atomic E-state index is 13.4. The highest BCUT2D eigenvalue weighted by Gasteiger charge is 2.26. The third kappa shape index (κ3) is 2.12. The Kier molecular flexibility index (Phi) is 2.79. The number of hydrogen-bond donors (Lipinski definition) is 0. The van der Waals surface area contributed by atoms with Gasteiger partial charge in [-0.3, -0.25) is 0 Å². The Balaban J connectivity index is 2.58. The van der Waals surface area contributed by atoms with Crippen molar-refractivity contribution in [3.05, 3.63) is 28.8 Å². The van der Waals surface area contributed by atoms with Gasteiger partial charge in [-0.15, -0.1) is 0 Å². The normalized spacial score (nSPS) is 14.7. The van der Waals surface area contributed by atoms with E-state index in [0.29, 0.717) is 12.5 Å². The van der Waals surface area contributed by atoms with Gasteiger partial charge in [0.15, 0.2) is 0 Å². The fourth-order valence-electron chi connectivity index (χ4n) is 1.65. The van der Waals surface area contributed by atoms with Crippen LogP contribution >= 0.6 is 10.7 Å². The van der Waals surface area contributed by atoms with E-state index in [9.17, 15) is 17.2 Å². The molecule has 2 rings (SSSR count). The van der Waals surface area contributed by atoms with Gasteiger partial charge in [0.25, 0.3) is 0 Å². The number of benzene rings is 1. The molecule has 0 saturated heterocycles. The van der Waals surface area contributed by atoms with Crippen molar-refractivity contribution in [3.8, 4) is 5.75 Å². The van der Waals surface area contributed by atoms with Gasteiger partial charge < -0.3 is 4.74 Å². The minimum Gasteiger partial charge on any atom is -0.492 e. The molecule has 0 amide bonds. The van der Waals surface area contributed by atoms with Crippen LogP contribution in [0.15, 0.2) is 6.07 Å². The topological polar surface area (TPSA) is 43.4 Å². The highest BCUT2D eigenvalue weighted by Crippen LogP contribution is 2.35. The molecule has 1 aliphatic heterocycles.